The summed E-state index contributed by atoms with van der Waals surface area (Å²) in [5.41, 5.74) is 9.12. The van der Waals surface area contributed by atoms with E-state index in [0.717, 1.165) is 4.47 Å². The van der Waals surface area contributed by atoms with Gasteiger partial charge in [0.15, 0.2) is 0 Å². The van der Waals surface area contributed by atoms with E-state index in [9.17, 15) is 0 Å². The lowest BCUT2D eigenvalue weighted by Crippen LogP contribution is -2.27. The van der Waals surface area contributed by atoms with Gasteiger partial charge in [0.25, 0.3) is 0 Å². The quantitative estimate of drug-likeness (QED) is 0.251. The lowest BCUT2D eigenvalue weighted by molar-refractivity contribution is 0.631. The SMILES string of the molecule is CC1(C)c2cc(Br)ccc2-n2c3ccccc3c3ccc(-c4ccccc4)c1c32. The van der Waals surface area contributed by atoms with Crippen molar-refractivity contribution in [3.05, 3.63) is 101 Å². The smallest absolute Gasteiger partial charge is 0.0588 e. The molecule has 2 heteroatoms. The Hall–Kier alpha value is -2.84. The van der Waals surface area contributed by atoms with Crippen LogP contribution in [0.5, 0.6) is 0 Å². The molecular weight excluding hydrogens is 418 g/mol. The lowest BCUT2D eigenvalue weighted by atomic mass is 9.72. The van der Waals surface area contributed by atoms with Crippen molar-refractivity contribution >= 4 is 37.7 Å². The Kier molecular flexibility index (Phi) is 3.43. The molecular formula is C27H20BrN. The van der Waals surface area contributed by atoms with E-state index in [4.69, 9.17) is 0 Å². The van der Waals surface area contributed by atoms with E-state index in [1.54, 1.807) is 0 Å². The molecule has 6 rings (SSSR count). The number of fused-ring (bicyclic) bond motifs is 5. The minimum absolute atomic E-state index is 0.117. The molecule has 0 fully saturated rings. The lowest BCUT2D eigenvalue weighted by Gasteiger charge is -2.36. The number of rotatable bonds is 1. The van der Waals surface area contributed by atoms with Crippen molar-refractivity contribution in [1.82, 2.24) is 4.57 Å². The van der Waals surface area contributed by atoms with Crippen LogP contribution in [0.25, 0.3) is 38.6 Å². The average molecular weight is 438 g/mol. The molecule has 140 valence electrons. The molecule has 0 saturated heterocycles. The molecule has 5 aromatic rings. The standard InChI is InChI=1S/C27H20BrN/c1-27(2)22-16-18(28)12-15-24(22)29-23-11-7-6-10-20(23)21-14-13-19(25(27)26(21)29)17-8-4-3-5-9-17/h3-16H,1-2H3. The first-order valence-electron chi connectivity index (χ1n) is 10.00. The van der Waals surface area contributed by atoms with Crippen LogP contribution in [0.4, 0.5) is 0 Å². The van der Waals surface area contributed by atoms with Gasteiger partial charge in [-0.25, -0.2) is 0 Å². The molecule has 1 nitrogen and oxygen atoms in total. The highest BCUT2D eigenvalue weighted by Gasteiger charge is 2.37. The molecule has 0 N–H and O–H groups in total. The van der Waals surface area contributed by atoms with Gasteiger partial charge in [0.1, 0.15) is 0 Å². The minimum atomic E-state index is -0.117. The molecule has 1 aliphatic rings. The maximum absolute atomic E-state index is 3.71. The molecule has 0 bridgehead atoms. The highest BCUT2D eigenvalue weighted by Crippen LogP contribution is 2.51. The Morgan fingerprint density at radius 3 is 2.34 bits per heavy atom. The minimum Gasteiger partial charge on any atom is -0.309 e. The van der Waals surface area contributed by atoms with Gasteiger partial charge in [-0.15, -0.1) is 0 Å². The summed E-state index contributed by atoms with van der Waals surface area (Å²) in [7, 11) is 0. The van der Waals surface area contributed by atoms with Crippen LogP contribution in [0.1, 0.15) is 25.0 Å². The largest absolute Gasteiger partial charge is 0.309 e. The molecule has 0 radical (unpaired) electrons. The number of para-hydroxylation sites is 1. The fraction of sp³-hybridized carbons (Fsp3) is 0.111. The van der Waals surface area contributed by atoms with Crippen molar-refractivity contribution in [1.29, 1.82) is 0 Å². The van der Waals surface area contributed by atoms with Crippen LogP contribution >= 0.6 is 15.9 Å². The van der Waals surface area contributed by atoms with E-state index in [2.05, 4.69) is 119 Å². The number of halogens is 1. The molecule has 0 saturated carbocycles. The van der Waals surface area contributed by atoms with E-state index in [-0.39, 0.29) is 5.41 Å². The van der Waals surface area contributed by atoms with Crippen molar-refractivity contribution in [2.75, 3.05) is 0 Å². The first-order valence-corrected chi connectivity index (χ1v) is 10.8. The van der Waals surface area contributed by atoms with Crippen LogP contribution < -0.4 is 0 Å². The number of hydrogen-bond donors (Lipinski definition) is 0. The van der Waals surface area contributed by atoms with Gasteiger partial charge < -0.3 is 4.57 Å². The average Bonchev–Trinajstić information content (AvgIpc) is 3.07. The Balaban J connectivity index is 1.89. The number of benzene rings is 4. The second kappa shape index (κ2) is 5.84. The van der Waals surface area contributed by atoms with E-state index in [1.807, 2.05) is 0 Å². The van der Waals surface area contributed by atoms with Crippen LogP contribution in [0.2, 0.25) is 0 Å². The maximum Gasteiger partial charge on any atom is 0.0588 e. The normalized spacial score (nSPS) is 14.3. The first kappa shape index (κ1) is 17.1. The number of nitrogens with zero attached hydrogens (tertiary/aromatic N) is 1. The van der Waals surface area contributed by atoms with Crippen LogP contribution in [-0.4, -0.2) is 4.57 Å². The highest BCUT2D eigenvalue weighted by atomic mass is 79.9. The predicted molar refractivity (Wildman–Crippen MR) is 126 cm³/mol. The summed E-state index contributed by atoms with van der Waals surface area (Å²) in [6, 6.07) is 30.9. The molecule has 0 amide bonds. The van der Waals surface area contributed by atoms with Gasteiger partial charge in [-0.1, -0.05) is 90.4 Å². The fourth-order valence-corrected chi connectivity index (χ4v) is 5.50. The van der Waals surface area contributed by atoms with Crippen molar-refractivity contribution in [3.8, 4) is 16.8 Å². The zero-order chi connectivity index (χ0) is 19.8. The van der Waals surface area contributed by atoms with E-state index in [1.165, 1.54) is 49.7 Å². The van der Waals surface area contributed by atoms with Gasteiger partial charge in [-0.3, -0.25) is 0 Å². The van der Waals surface area contributed by atoms with Crippen LogP contribution in [0.3, 0.4) is 0 Å². The third kappa shape index (κ3) is 2.21. The summed E-state index contributed by atoms with van der Waals surface area (Å²) in [5, 5.41) is 2.65. The van der Waals surface area contributed by atoms with Crippen LogP contribution in [0.15, 0.2) is 89.4 Å². The van der Waals surface area contributed by atoms with Crippen LogP contribution in [0, 0.1) is 0 Å². The zero-order valence-corrected chi connectivity index (χ0v) is 18.0. The summed E-state index contributed by atoms with van der Waals surface area (Å²) in [6.07, 6.45) is 0. The summed E-state index contributed by atoms with van der Waals surface area (Å²) in [5.74, 6) is 0. The highest BCUT2D eigenvalue weighted by molar-refractivity contribution is 9.10. The number of aromatic nitrogens is 1. The summed E-state index contributed by atoms with van der Waals surface area (Å²) in [6.45, 7) is 4.72. The van der Waals surface area contributed by atoms with Gasteiger partial charge in [-0.05, 0) is 46.5 Å². The van der Waals surface area contributed by atoms with Gasteiger partial charge in [0.05, 0.1) is 16.7 Å². The Labute approximate surface area is 178 Å². The molecule has 1 aromatic heterocycles. The molecule has 0 atom stereocenters. The Bertz CT molecular complexity index is 1420. The predicted octanol–water partition coefficient (Wildman–Crippen LogP) is 7.85. The molecule has 0 spiro atoms. The second-order valence-corrected chi connectivity index (χ2v) is 9.31. The molecule has 0 unspecified atom stereocenters. The van der Waals surface area contributed by atoms with Crippen LogP contribution in [-0.2, 0) is 5.41 Å². The van der Waals surface area contributed by atoms with Gasteiger partial charge in [0.2, 0.25) is 0 Å². The van der Waals surface area contributed by atoms with Gasteiger partial charge >= 0.3 is 0 Å². The molecule has 1 aliphatic heterocycles. The summed E-state index contributed by atoms with van der Waals surface area (Å²) >= 11 is 3.71. The summed E-state index contributed by atoms with van der Waals surface area (Å²) < 4.78 is 3.59. The molecule has 4 aromatic carbocycles. The van der Waals surface area contributed by atoms with Gasteiger partial charge in [-0.2, -0.15) is 0 Å². The number of hydrogen-bond acceptors (Lipinski definition) is 0. The van der Waals surface area contributed by atoms with Crippen molar-refractivity contribution in [2.45, 2.75) is 19.3 Å². The molecule has 2 heterocycles. The first-order chi connectivity index (χ1) is 14.1. The topological polar surface area (TPSA) is 4.93 Å². The molecule has 29 heavy (non-hydrogen) atoms. The summed E-state index contributed by atoms with van der Waals surface area (Å²) in [4.78, 5) is 0. The monoisotopic (exact) mass is 437 g/mol. The molecule has 0 aliphatic carbocycles. The van der Waals surface area contributed by atoms with E-state index < -0.39 is 0 Å². The van der Waals surface area contributed by atoms with E-state index in [0.29, 0.717) is 0 Å². The van der Waals surface area contributed by atoms with Crippen molar-refractivity contribution < 1.29 is 0 Å². The third-order valence-electron chi connectivity index (χ3n) is 6.42. The van der Waals surface area contributed by atoms with Crippen molar-refractivity contribution in [3.63, 3.8) is 0 Å². The third-order valence-corrected chi connectivity index (χ3v) is 6.91. The fourth-order valence-electron chi connectivity index (χ4n) is 5.14. The zero-order valence-electron chi connectivity index (χ0n) is 16.4. The van der Waals surface area contributed by atoms with E-state index >= 15 is 0 Å². The van der Waals surface area contributed by atoms with Gasteiger partial charge in [0, 0.05) is 20.7 Å². The maximum atomic E-state index is 3.71. The Morgan fingerprint density at radius 1 is 0.759 bits per heavy atom. The second-order valence-electron chi connectivity index (χ2n) is 8.39. The Morgan fingerprint density at radius 2 is 1.52 bits per heavy atom. The van der Waals surface area contributed by atoms with Crippen molar-refractivity contribution in [2.24, 2.45) is 0 Å².